The van der Waals surface area contributed by atoms with Gasteiger partial charge in [0.2, 0.25) is 0 Å². The maximum Gasteiger partial charge on any atom is 0.320 e. The van der Waals surface area contributed by atoms with Gasteiger partial charge in [-0.1, -0.05) is 51.2 Å². The first-order chi connectivity index (χ1) is 10.7. The van der Waals surface area contributed by atoms with Gasteiger partial charge in [0.25, 0.3) is 0 Å². The number of hydrogen-bond acceptors (Lipinski definition) is 4. The van der Waals surface area contributed by atoms with Crippen LogP contribution in [0, 0.1) is 5.92 Å². The lowest BCUT2D eigenvalue weighted by atomic mass is 10.0. The highest BCUT2D eigenvalue weighted by atomic mass is 16.6. The van der Waals surface area contributed by atoms with Crippen LogP contribution in [0.25, 0.3) is 0 Å². The number of carbonyl (C=O) groups is 2. The zero-order chi connectivity index (χ0) is 16.6. The molecule has 0 radical (unpaired) electrons. The first-order valence-corrected chi connectivity index (χ1v) is 8.65. The van der Waals surface area contributed by atoms with Crippen molar-refractivity contribution in [3.8, 4) is 0 Å². The number of rotatable bonds is 13. The molecule has 0 aromatic rings. The van der Waals surface area contributed by atoms with Crippen molar-refractivity contribution < 1.29 is 19.1 Å². The Morgan fingerprint density at radius 3 is 1.91 bits per heavy atom. The Hall–Kier alpha value is -1.32. The summed E-state index contributed by atoms with van der Waals surface area (Å²) in [5.74, 6) is -1.82. The van der Waals surface area contributed by atoms with E-state index in [-0.39, 0.29) is 13.2 Å². The predicted molar refractivity (Wildman–Crippen MR) is 88.5 cm³/mol. The molecule has 0 bridgehead atoms. The molecule has 0 saturated carbocycles. The van der Waals surface area contributed by atoms with E-state index in [1.54, 1.807) is 13.8 Å². The molecular weight excluding hydrogens is 280 g/mol. The molecule has 0 aromatic heterocycles. The van der Waals surface area contributed by atoms with Gasteiger partial charge >= 0.3 is 11.9 Å². The van der Waals surface area contributed by atoms with Crippen molar-refractivity contribution in [2.24, 2.45) is 5.92 Å². The van der Waals surface area contributed by atoms with Gasteiger partial charge in [-0.25, -0.2) is 0 Å². The quantitative estimate of drug-likeness (QED) is 0.218. The van der Waals surface area contributed by atoms with Crippen LogP contribution in [-0.4, -0.2) is 25.2 Å². The van der Waals surface area contributed by atoms with Crippen molar-refractivity contribution >= 4 is 11.9 Å². The van der Waals surface area contributed by atoms with Crippen LogP contribution in [0.15, 0.2) is 12.2 Å². The molecule has 0 aliphatic heterocycles. The lowest BCUT2D eigenvalue weighted by Gasteiger charge is -2.12. The average molecular weight is 312 g/mol. The van der Waals surface area contributed by atoms with Crippen LogP contribution in [0.2, 0.25) is 0 Å². The molecule has 0 amide bonds. The van der Waals surface area contributed by atoms with Crippen LogP contribution in [0.3, 0.4) is 0 Å². The Morgan fingerprint density at radius 1 is 0.818 bits per heavy atom. The van der Waals surface area contributed by atoms with Crippen molar-refractivity contribution in [3.63, 3.8) is 0 Å². The zero-order valence-corrected chi connectivity index (χ0v) is 14.4. The molecular formula is C18H32O4. The lowest BCUT2D eigenvalue weighted by Crippen LogP contribution is -2.27. The molecule has 4 heteroatoms. The molecule has 0 N–H and O–H groups in total. The van der Waals surface area contributed by atoms with Gasteiger partial charge < -0.3 is 9.47 Å². The van der Waals surface area contributed by atoms with Gasteiger partial charge in [0.15, 0.2) is 5.92 Å². The third-order valence-electron chi connectivity index (χ3n) is 3.41. The molecule has 0 heterocycles. The summed E-state index contributed by atoms with van der Waals surface area (Å²) >= 11 is 0. The third-order valence-corrected chi connectivity index (χ3v) is 3.41. The average Bonchev–Trinajstić information content (AvgIpc) is 2.49. The summed E-state index contributed by atoms with van der Waals surface area (Å²) in [7, 11) is 0. The molecule has 0 rings (SSSR count). The summed E-state index contributed by atoms with van der Waals surface area (Å²) in [6.07, 6.45) is 12.9. The number of unbranched alkanes of at least 4 members (excludes halogenated alkanes) is 6. The molecule has 0 atom stereocenters. The highest BCUT2D eigenvalue weighted by Crippen LogP contribution is 2.12. The van der Waals surface area contributed by atoms with Crippen molar-refractivity contribution in [2.75, 3.05) is 13.2 Å². The number of esters is 2. The summed E-state index contributed by atoms with van der Waals surface area (Å²) in [5, 5.41) is 0. The van der Waals surface area contributed by atoms with Crippen LogP contribution in [-0.2, 0) is 19.1 Å². The van der Waals surface area contributed by atoms with Crippen LogP contribution >= 0.6 is 0 Å². The standard InChI is InChI=1S/C18H32O4/c1-4-7-8-9-10-11-12-13-14-15-16(17(19)21-5-2)18(20)22-6-3/h13-14,16H,4-12,15H2,1-3H3/b14-13+. The van der Waals surface area contributed by atoms with Gasteiger partial charge in [-0.05, 0) is 33.1 Å². The topological polar surface area (TPSA) is 52.6 Å². The predicted octanol–water partition coefficient (Wildman–Crippen LogP) is 4.43. The van der Waals surface area contributed by atoms with Gasteiger partial charge in [-0.3, -0.25) is 9.59 Å². The van der Waals surface area contributed by atoms with Gasteiger partial charge in [0, 0.05) is 0 Å². The van der Waals surface area contributed by atoms with Crippen LogP contribution in [0.5, 0.6) is 0 Å². The smallest absolute Gasteiger partial charge is 0.320 e. The molecule has 4 nitrogen and oxygen atoms in total. The zero-order valence-electron chi connectivity index (χ0n) is 14.4. The maximum atomic E-state index is 11.8. The summed E-state index contributed by atoms with van der Waals surface area (Å²) in [6.45, 7) is 6.22. The molecule has 22 heavy (non-hydrogen) atoms. The monoisotopic (exact) mass is 312 g/mol. The minimum absolute atomic E-state index is 0.274. The Kier molecular flexibility index (Phi) is 13.7. The normalized spacial score (nSPS) is 11.1. The molecule has 0 saturated heterocycles. The van der Waals surface area contributed by atoms with Crippen molar-refractivity contribution in [3.05, 3.63) is 12.2 Å². The van der Waals surface area contributed by atoms with Gasteiger partial charge in [-0.15, -0.1) is 0 Å². The molecule has 0 fully saturated rings. The first kappa shape index (κ1) is 20.7. The minimum Gasteiger partial charge on any atom is -0.465 e. The second-order valence-electron chi connectivity index (χ2n) is 5.32. The highest BCUT2D eigenvalue weighted by molar-refractivity contribution is 5.95. The SMILES string of the molecule is CCCCCCCC/C=C/CC(C(=O)OCC)C(=O)OCC. The fourth-order valence-corrected chi connectivity index (χ4v) is 2.17. The Balaban J connectivity index is 4.03. The summed E-state index contributed by atoms with van der Waals surface area (Å²) in [5.41, 5.74) is 0. The third kappa shape index (κ3) is 10.4. The molecule has 128 valence electrons. The fourth-order valence-electron chi connectivity index (χ4n) is 2.17. The van der Waals surface area contributed by atoms with Crippen molar-refractivity contribution in [1.29, 1.82) is 0 Å². The van der Waals surface area contributed by atoms with Gasteiger partial charge in [0.05, 0.1) is 13.2 Å². The van der Waals surface area contributed by atoms with Gasteiger partial charge in [0.1, 0.15) is 0 Å². The number of carbonyl (C=O) groups excluding carboxylic acids is 2. The maximum absolute atomic E-state index is 11.8. The summed E-state index contributed by atoms with van der Waals surface area (Å²) in [4.78, 5) is 23.5. The first-order valence-electron chi connectivity index (χ1n) is 8.65. The number of ether oxygens (including phenoxy) is 2. The van der Waals surface area contributed by atoms with E-state index < -0.39 is 17.9 Å². The minimum atomic E-state index is -0.833. The van der Waals surface area contributed by atoms with Gasteiger partial charge in [-0.2, -0.15) is 0 Å². The molecule has 0 unspecified atom stereocenters. The summed E-state index contributed by atoms with van der Waals surface area (Å²) in [6, 6.07) is 0. The fraction of sp³-hybridized carbons (Fsp3) is 0.778. The van der Waals surface area contributed by atoms with Crippen LogP contribution in [0.4, 0.5) is 0 Å². The lowest BCUT2D eigenvalue weighted by molar-refractivity contribution is -0.161. The Bertz CT molecular complexity index is 305. The molecule has 0 aromatic carbocycles. The summed E-state index contributed by atoms with van der Waals surface area (Å²) < 4.78 is 9.86. The van der Waals surface area contributed by atoms with E-state index >= 15 is 0 Å². The number of hydrogen-bond donors (Lipinski definition) is 0. The van der Waals surface area contributed by atoms with E-state index in [0.29, 0.717) is 6.42 Å². The molecule has 0 spiro atoms. The second kappa shape index (κ2) is 14.6. The van der Waals surface area contributed by atoms with Crippen LogP contribution < -0.4 is 0 Å². The van der Waals surface area contributed by atoms with E-state index in [4.69, 9.17) is 9.47 Å². The van der Waals surface area contributed by atoms with E-state index in [2.05, 4.69) is 6.92 Å². The number of allylic oxidation sites excluding steroid dienone is 2. The Morgan fingerprint density at radius 2 is 1.36 bits per heavy atom. The highest BCUT2D eigenvalue weighted by Gasteiger charge is 2.27. The van der Waals surface area contributed by atoms with Crippen molar-refractivity contribution in [2.45, 2.75) is 72.1 Å². The van der Waals surface area contributed by atoms with Crippen molar-refractivity contribution in [1.82, 2.24) is 0 Å². The second-order valence-corrected chi connectivity index (χ2v) is 5.32. The van der Waals surface area contributed by atoms with E-state index in [1.807, 2.05) is 12.2 Å². The molecule has 0 aliphatic rings. The van der Waals surface area contributed by atoms with E-state index in [0.717, 1.165) is 12.8 Å². The van der Waals surface area contributed by atoms with Crippen LogP contribution in [0.1, 0.15) is 72.1 Å². The molecule has 0 aliphatic carbocycles. The largest absolute Gasteiger partial charge is 0.465 e. The van der Waals surface area contributed by atoms with E-state index in [1.165, 1.54) is 32.1 Å². The van der Waals surface area contributed by atoms with E-state index in [9.17, 15) is 9.59 Å². The Labute approximate surface area is 135 Å².